The van der Waals surface area contributed by atoms with E-state index in [-0.39, 0.29) is 5.91 Å². The van der Waals surface area contributed by atoms with Crippen molar-refractivity contribution in [2.45, 2.75) is 26.2 Å². The molecule has 0 atom stereocenters. The predicted molar refractivity (Wildman–Crippen MR) is 57.0 cm³/mol. The first-order valence-corrected chi connectivity index (χ1v) is 5.05. The Morgan fingerprint density at radius 1 is 1.46 bits per heavy atom. The van der Waals surface area contributed by atoms with Crippen molar-refractivity contribution >= 4 is 17.5 Å². The van der Waals surface area contributed by atoms with E-state index >= 15 is 0 Å². The molecule has 0 aliphatic carbocycles. The first kappa shape index (κ1) is 12.5. The van der Waals surface area contributed by atoms with Gasteiger partial charge in [-0.15, -0.1) is 11.6 Å². The Labute approximate surface area is 85.6 Å². The number of rotatable bonds is 6. The van der Waals surface area contributed by atoms with Crippen LogP contribution >= 0.6 is 11.6 Å². The summed E-state index contributed by atoms with van der Waals surface area (Å²) in [7, 11) is 1.80. The summed E-state index contributed by atoms with van der Waals surface area (Å²) in [4.78, 5) is 13.1. The van der Waals surface area contributed by atoms with Gasteiger partial charge in [-0.2, -0.15) is 0 Å². The number of unbranched alkanes of at least 4 members (excludes halogenated alkanes) is 1. The van der Waals surface area contributed by atoms with E-state index in [1.165, 1.54) is 0 Å². The van der Waals surface area contributed by atoms with E-state index in [4.69, 9.17) is 11.6 Å². The van der Waals surface area contributed by atoms with Gasteiger partial charge in [0.05, 0.1) is 0 Å². The third-order valence-corrected chi connectivity index (χ3v) is 1.97. The second-order valence-corrected chi connectivity index (χ2v) is 3.73. The third kappa shape index (κ3) is 6.64. The Morgan fingerprint density at radius 3 is 2.54 bits per heavy atom. The fourth-order valence-electron chi connectivity index (χ4n) is 1.05. The van der Waals surface area contributed by atoms with Crippen molar-refractivity contribution in [3.8, 4) is 0 Å². The molecule has 0 aromatic carbocycles. The molecule has 0 rings (SSSR count). The molecular weight excluding hydrogens is 186 g/mol. The van der Waals surface area contributed by atoms with Crippen LogP contribution < -0.4 is 0 Å². The van der Waals surface area contributed by atoms with E-state index in [1.807, 2.05) is 6.92 Å². The molecule has 0 fully saturated rings. The zero-order chi connectivity index (χ0) is 10.3. The topological polar surface area (TPSA) is 20.3 Å². The van der Waals surface area contributed by atoms with Crippen molar-refractivity contribution in [2.24, 2.45) is 0 Å². The van der Waals surface area contributed by atoms with Crippen LogP contribution in [0.1, 0.15) is 26.2 Å². The Balaban J connectivity index is 3.63. The molecule has 0 unspecified atom stereocenters. The van der Waals surface area contributed by atoms with Gasteiger partial charge in [-0.25, -0.2) is 0 Å². The van der Waals surface area contributed by atoms with Gasteiger partial charge in [-0.1, -0.05) is 12.2 Å². The number of alkyl halides is 1. The Hall–Kier alpha value is -0.500. The molecule has 76 valence electrons. The molecule has 0 bridgehead atoms. The molecule has 0 radical (unpaired) electrons. The summed E-state index contributed by atoms with van der Waals surface area (Å²) in [5.41, 5.74) is 1.01. The highest BCUT2D eigenvalue weighted by molar-refractivity contribution is 6.17. The van der Waals surface area contributed by atoms with E-state index in [0.29, 0.717) is 18.8 Å². The van der Waals surface area contributed by atoms with Crippen LogP contribution in [0.25, 0.3) is 0 Å². The maximum Gasteiger partial charge on any atom is 0.222 e. The van der Waals surface area contributed by atoms with E-state index < -0.39 is 0 Å². The van der Waals surface area contributed by atoms with Gasteiger partial charge in [0.1, 0.15) is 0 Å². The zero-order valence-electron chi connectivity index (χ0n) is 8.48. The largest absolute Gasteiger partial charge is 0.342 e. The highest BCUT2D eigenvalue weighted by Gasteiger charge is 2.07. The van der Waals surface area contributed by atoms with Gasteiger partial charge in [0.25, 0.3) is 0 Å². The van der Waals surface area contributed by atoms with Crippen LogP contribution in [0.15, 0.2) is 12.2 Å². The summed E-state index contributed by atoms with van der Waals surface area (Å²) in [6.07, 6.45) is 2.38. The van der Waals surface area contributed by atoms with Crippen LogP contribution in [0.5, 0.6) is 0 Å². The SMILES string of the molecule is C=C(C)CN(C)C(=O)CCCCCl. The average molecular weight is 204 g/mol. The van der Waals surface area contributed by atoms with E-state index in [1.54, 1.807) is 11.9 Å². The number of carbonyl (C=O) groups excluding carboxylic acids is 1. The molecular formula is C10H18ClNO. The lowest BCUT2D eigenvalue weighted by Gasteiger charge is -2.16. The average Bonchev–Trinajstić information content (AvgIpc) is 2.03. The van der Waals surface area contributed by atoms with Gasteiger partial charge in [0, 0.05) is 25.9 Å². The lowest BCUT2D eigenvalue weighted by atomic mass is 10.2. The summed E-state index contributed by atoms with van der Waals surface area (Å²) in [5.74, 6) is 0.811. The molecule has 0 aliphatic heterocycles. The smallest absolute Gasteiger partial charge is 0.222 e. The first-order chi connectivity index (χ1) is 6.07. The van der Waals surface area contributed by atoms with Crippen LogP contribution in [0.3, 0.4) is 0 Å². The van der Waals surface area contributed by atoms with Crippen LogP contribution in [0.4, 0.5) is 0 Å². The van der Waals surface area contributed by atoms with Crippen LogP contribution in [-0.4, -0.2) is 30.3 Å². The summed E-state index contributed by atoms with van der Waals surface area (Å²) in [6, 6.07) is 0. The van der Waals surface area contributed by atoms with Crippen molar-refractivity contribution in [3.63, 3.8) is 0 Å². The predicted octanol–water partition coefficient (Wildman–Crippen LogP) is 2.43. The number of likely N-dealkylation sites (N-methyl/N-ethyl adjacent to an activating group) is 1. The minimum atomic E-state index is 0.174. The maximum absolute atomic E-state index is 11.4. The Morgan fingerprint density at radius 2 is 2.08 bits per heavy atom. The minimum Gasteiger partial charge on any atom is -0.342 e. The monoisotopic (exact) mass is 203 g/mol. The van der Waals surface area contributed by atoms with Crippen LogP contribution in [0, 0.1) is 0 Å². The summed E-state index contributed by atoms with van der Waals surface area (Å²) in [5, 5.41) is 0. The molecule has 0 saturated carbocycles. The summed E-state index contributed by atoms with van der Waals surface area (Å²) < 4.78 is 0. The standard InChI is InChI=1S/C10H18ClNO/c1-9(2)8-12(3)10(13)6-4-5-7-11/h1,4-8H2,2-3H3. The molecule has 13 heavy (non-hydrogen) atoms. The van der Waals surface area contributed by atoms with E-state index in [9.17, 15) is 4.79 Å². The van der Waals surface area contributed by atoms with Gasteiger partial charge < -0.3 is 4.90 Å². The fraction of sp³-hybridized carbons (Fsp3) is 0.700. The molecule has 1 amide bonds. The molecule has 2 nitrogen and oxygen atoms in total. The Kier molecular flexibility index (Phi) is 6.69. The second kappa shape index (κ2) is 6.96. The molecule has 0 saturated heterocycles. The first-order valence-electron chi connectivity index (χ1n) is 4.52. The molecule has 0 spiro atoms. The number of nitrogens with zero attached hydrogens (tertiary/aromatic N) is 1. The van der Waals surface area contributed by atoms with Gasteiger partial charge in [0.2, 0.25) is 5.91 Å². The number of amides is 1. The molecule has 3 heteroatoms. The van der Waals surface area contributed by atoms with Crippen molar-refractivity contribution in [2.75, 3.05) is 19.5 Å². The Bertz CT molecular complexity index is 180. The van der Waals surface area contributed by atoms with Gasteiger partial charge in [0.15, 0.2) is 0 Å². The number of carbonyl (C=O) groups is 1. The van der Waals surface area contributed by atoms with E-state index in [2.05, 4.69) is 6.58 Å². The van der Waals surface area contributed by atoms with Crippen molar-refractivity contribution in [1.82, 2.24) is 4.90 Å². The van der Waals surface area contributed by atoms with Gasteiger partial charge in [-0.3, -0.25) is 4.79 Å². The van der Waals surface area contributed by atoms with Crippen molar-refractivity contribution < 1.29 is 4.79 Å². The molecule has 0 N–H and O–H groups in total. The number of hydrogen-bond acceptors (Lipinski definition) is 1. The zero-order valence-corrected chi connectivity index (χ0v) is 9.23. The van der Waals surface area contributed by atoms with Crippen molar-refractivity contribution in [1.29, 1.82) is 0 Å². The van der Waals surface area contributed by atoms with Crippen LogP contribution in [0.2, 0.25) is 0 Å². The lowest BCUT2D eigenvalue weighted by molar-refractivity contribution is -0.129. The summed E-state index contributed by atoms with van der Waals surface area (Å²) in [6.45, 7) is 6.33. The van der Waals surface area contributed by atoms with Gasteiger partial charge >= 0.3 is 0 Å². The normalized spacial score (nSPS) is 9.77. The summed E-state index contributed by atoms with van der Waals surface area (Å²) >= 11 is 5.51. The highest BCUT2D eigenvalue weighted by Crippen LogP contribution is 2.02. The lowest BCUT2D eigenvalue weighted by Crippen LogP contribution is -2.27. The molecule has 0 aliphatic rings. The molecule has 0 heterocycles. The number of hydrogen-bond donors (Lipinski definition) is 0. The highest BCUT2D eigenvalue weighted by atomic mass is 35.5. The van der Waals surface area contributed by atoms with E-state index in [0.717, 1.165) is 18.4 Å². The molecule has 0 aromatic rings. The molecule has 0 aromatic heterocycles. The van der Waals surface area contributed by atoms with Crippen molar-refractivity contribution in [3.05, 3.63) is 12.2 Å². The fourth-order valence-corrected chi connectivity index (χ4v) is 1.24. The third-order valence-electron chi connectivity index (χ3n) is 1.71. The quantitative estimate of drug-likeness (QED) is 0.369. The minimum absolute atomic E-state index is 0.174. The maximum atomic E-state index is 11.4. The van der Waals surface area contributed by atoms with Crippen LogP contribution in [-0.2, 0) is 4.79 Å². The number of halogens is 1. The second-order valence-electron chi connectivity index (χ2n) is 3.35. The van der Waals surface area contributed by atoms with Gasteiger partial charge in [-0.05, 0) is 19.8 Å².